The van der Waals surface area contributed by atoms with Gasteiger partial charge in [0.05, 0.1) is 25.7 Å². The number of hydrogen-bond donors (Lipinski definition) is 0. The predicted molar refractivity (Wildman–Crippen MR) is 151 cm³/mol. The van der Waals surface area contributed by atoms with Crippen molar-refractivity contribution in [2.75, 3.05) is 20.3 Å². The molecule has 1 aliphatic carbocycles. The maximum atomic E-state index is 13.8. The van der Waals surface area contributed by atoms with Crippen LogP contribution in [-0.4, -0.2) is 43.3 Å². The summed E-state index contributed by atoms with van der Waals surface area (Å²) < 4.78 is 17.4. The van der Waals surface area contributed by atoms with Gasteiger partial charge in [0.15, 0.2) is 11.5 Å². The van der Waals surface area contributed by atoms with Crippen molar-refractivity contribution in [1.82, 2.24) is 4.90 Å². The number of hydrogen-bond acceptors (Lipinski definition) is 4. The number of carbonyl (C=O) groups excluding carboxylic acids is 1. The van der Waals surface area contributed by atoms with E-state index in [4.69, 9.17) is 25.8 Å². The molecule has 1 amide bonds. The van der Waals surface area contributed by atoms with E-state index in [-0.39, 0.29) is 24.1 Å². The van der Waals surface area contributed by atoms with Gasteiger partial charge < -0.3 is 19.1 Å². The molecule has 0 radical (unpaired) electrons. The predicted octanol–water partition coefficient (Wildman–Crippen LogP) is 7.23. The van der Waals surface area contributed by atoms with Crippen LogP contribution in [0.2, 0.25) is 5.02 Å². The summed E-state index contributed by atoms with van der Waals surface area (Å²) in [6, 6.07) is 12.1. The van der Waals surface area contributed by atoms with Crippen molar-refractivity contribution in [3.8, 4) is 11.5 Å². The topological polar surface area (TPSA) is 48.0 Å². The van der Waals surface area contributed by atoms with Gasteiger partial charge in [0.1, 0.15) is 0 Å². The fourth-order valence-electron chi connectivity index (χ4n) is 7.01. The lowest BCUT2D eigenvalue weighted by Crippen LogP contribution is -2.48. The molecule has 0 spiro atoms. The van der Waals surface area contributed by atoms with Crippen LogP contribution in [0.15, 0.2) is 36.4 Å². The van der Waals surface area contributed by atoms with Gasteiger partial charge >= 0.3 is 0 Å². The van der Waals surface area contributed by atoms with Crippen LogP contribution in [-0.2, 0) is 16.0 Å². The zero-order chi connectivity index (χ0) is 26.8. The smallest absolute Gasteiger partial charge is 0.228 e. The fraction of sp³-hybridized carbons (Fsp3) is 0.594. The molecular weight excluding hydrogens is 498 g/mol. The van der Waals surface area contributed by atoms with Gasteiger partial charge in [0, 0.05) is 24.3 Å². The largest absolute Gasteiger partial charge is 0.493 e. The van der Waals surface area contributed by atoms with Crippen LogP contribution < -0.4 is 9.47 Å². The molecule has 5 rings (SSSR count). The van der Waals surface area contributed by atoms with Crippen molar-refractivity contribution in [3.05, 3.63) is 58.1 Å². The van der Waals surface area contributed by atoms with E-state index in [1.165, 1.54) is 25.7 Å². The molecule has 38 heavy (non-hydrogen) atoms. The lowest BCUT2D eigenvalue weighted by Gasteiger charge is -2.46. The minimum atomic E-state index is -0.168. The molecule has 1 saturated heterocycles. The molecule has 5 nitrogen and oxygen atoms in total. The highest BCUT2D eigenvalue weighted by Crippen LogP contribution is 2.46. The number of benzene rings is 2. The summed E-state index contributed by atoms with van der Waals surface area (Å²) in [4.78, 5) is 16.0. The Hall–Kier alpha value is -2.24. The molecule has 2 atom stereocenters. The minimum Gasteiger partial charge on any atom is -0.493 e. The minimum absolute atomic E-state index is 0.0188. The first-order chi connectivity index (χ1) is 18.4. The number of halogens is 1. The van der Waals surface area contributed by atoms with Crippen LogP contribution in [0.25, 0.3) is 0 Å². The maximum absolute atomic E-state index is 13.8. The molecule has 2 fully saturated rings. The second kappa shape index (κ2) is 11.9. The number of amides is 1. The summed E-state index contributed by atoms with van der Waals surface area (Å²) in [5, 5.41) is 0.698. The number of methoxy groups -OCH3 is 1. The molecule has 6 heteroatoms. The lowest BCUT2D eigenvalue weighted by molar-refractivity contribution is -0.137. The third-order valence-electron chi connectivity index (χ3n) is 9.06. The first kappa shape index (κ1) is 27.3. The molecule has 0 N–H and O–H groups in total. The monoisotopic (exact) mass is 539 g/mol. The maximum Gasteiger partial charge on any atom is 0.228 e. The van der Waals surface area contributed by atoms with E-state index in [0.29, 0.717) is 23.1 Å². The molecule has 3 aliphatic rings. The second-order valence-corrected chi connectivity index (χ2v) is 12.1. The Kier molecular flexibility index (Phi) is 8.54. The summed E-state index contributed by atoms with van der Waals surface area (Å²) in [7, 11) is 1.66. The average Bonchev–Trinajstić information content (AvgIpc) is 2.93. The fourth-order valence-corrected chi connectivity index (χ4v) is 7.14. The Bertz CT molecular complexity index is 1100. The van der Waals surface area contributed by atoms with E-state index in [9.17, 15) is 4.79 Å². The van der Waals surface area contributed by atoms with Gasteiger partial charge in [0.25, 0.3) is 0 Å². The average molecular weight is 540 g/mol. The molecule has 0 bridgehead atoms. The summed E-state index contributed by atoms with van der Waals surface area (Å²) in [6.07, 6.45) is 7.23. The molecule has 2 aromatic carbocycles. The molecule has 2 unspecified atom stereocenters. The zero-order valence-electron chi connectivity index (χ0n) is 23.3. The van der Waals surface area contributed by atoms with E-state index in [2.05, 4.69) is 30.0 Å². The molecule has 1 saturated carbocycles. The normalized spacial score (nSPS) is 25.3. The highest BCUT2D eigenvalue weighted by Gasteiger charge is 2.41. The van der Waals surface area contributed by atoms with E-state index in [1.54, 1.807) is 7.11 Å². The molecule has 2 heterocycles. The summed E-state index contributed by atoms with van der Waals surface area (Å²) in [5.41, 5.74) is 3.23. The SMILES string of the molecule is COc1cc2c(cc1OC(C)C)C(c1ccc(Cl)cc1)N(C1CCC(C(C)C3CCOCC3)CC1)C(=O)C2. The van der Waals surface area contributed by atoms with E-state index in [0.717, 1.165) is 60.3 Å². The highest BCUT2D eigenvalue weighted by molar-refractivity contribution is 6.30. The number of fused-ring (bicyclic) bond motifs is 1. The third kappa shape index (κ3) is 5.70. The number of carbonyl (C=O) groups is 1. The second-order valence-electron chi connectivity index (χ2n) is 11.7. The van der Waals surface area contributed by atoms with Crippen molar-refractivity contribution in [3.63, 3.8) is 0 Å². The van der Waals surface area contributed by atoms with Crippen molar-refractivity contribution in [1.29, 1.82) is 0 Å². The highest BCUT2D eigenvalue weighted by atomic mass is 35.5. The molecule has 2 aliphatic heterocycles. The van der Waals surface area contributed by atoms with Crippen LogP contribution >= 0.6 is 11.6 Å². The van der Waals surface area contributed by atoms with Gasteiger partial charge in [-0.05, 0) is 111 Å². The van der Waals surface area contributed by atoms with E-state index in [1.807, 2.05) is 32.0 Å². The van der Waals surface area contributed by atoms with Crippen LogP contribution in [0.1, 0.15) is 82.0 Å². The van der Waals surface area contributed by atoms with Crippen LogP contribution in [0.5, 0.6) is 11.5 Å². The first-order valence-electron chi connectivity index (χ1n) is 14.4. The summed E-state index contributed by atoms with van der Waals surface area (Å²) >= 11 is 6.27. The number of rotatable bonds is 7. The Morgan fingerprint density at radius 3 is 2.21 bits per heavy atom. The Morgan fingerprint density at radius 2 is 1.58 bits per heavy atom. The first-order valence-corrected chi connectivity index (χ1v) is 14.7. The van der Waals surface area contributed by atoms with Crippen LogP contribution in [0.4, 0.5) is 0 Å². The third-order valence-corrected chi connectivity index (χ3v) is 9.32. The van der Waals surface area contributed by atoms with Crippen LogP contribution in [0, 0.1) is 17.8 Å². The van der Waals surface area contributed by atoms with Crippen LogP contribution in [0.3, 0.4) is 0 Å². The number of nitrogens with zero attached hydrogens (tertiary/aromatic N) is 1. The van der Waals surface area contributed by atoms with Crippen molar-refractivity contribution < 1.29 is 19.0 Å². The standard InChI is InChI=1S/C32H42ClNO4/c1-20(2)38-30-19-28-25(17-29(30)36-4)18-31(35)34(32(28)24-5-9-26(33)10-6-24)27-11-7-22(8-12-27)21(3)23-13-15-37-16-14-23/h5-6,9-10,17,19-23,27,32H,7-8,11-16,18H2,1-4H3. The summed E-state index contributed by atoms with van der Waals surface area (Å²) in [5.74, 6) is 3.81. The van der Waals surface area contributed by atoms with Gasteiger partial charge in [-0.25, -0.2) is 0 Å². The van der Waals surface area contributed by atoms with Gasteiger partial charge in [-0.1, -0.05) is 30.7 Å². The van der Waals surface area contributed by atoms with Crippen molar-refractivity contribution in [2.45, 2.75) is 83.9 Å². The van der Waals surface area contributed by atoms with Crippen molar-refractivity contribution in [2.24, 2.45) is 17.8 Å². The van der Waals surface area contributed by atoms with Gasteiger partial charge in [-0.2, -0.15) is 0 Å². The van der Waals surface area contributed by atoms with Gasteiger partial charge in [0.2, 0.25) is 5.91 Å². The van der Waals surface area contributed by atoms with Gasteiger partial charge in [-0.3, -0.25) is 4.79 Å². The number of ether oxygens (including phenoxy) is 3. The molecule has 206 valence electrons. The Labute approximate surface area is 232 Å². The Balaban J connectivity index is 1.45. The zero-order valence-corrected chi connectivity index (χ0v) is 24.0. The quantitative estimate of drug-likeness (QED) is 0.372. The molecule has 0 aromatic heterocycles. The Morgan fingerprint density at radius 1 is 0.921 bits per heavy atom. The molecular formula is C32H42ClNO4. The van der Waals surface area contributed by atoms with E-state index >= 15 is 0 Å². The van der Waals surface area contributed by atoms with E-state index < -0.39 is 0 Å². The lowest BCUT2D eigenvalue weighted by atomic mass is 9.71. The summed E-state index contributed by atoms with van der Waals surface area (Å²) in [6.45, 7) is 8.30. The molecule has 2 aromatic rings. The van der Waals surface area contributed by atoms with Gasteiger partial charge in [-0.15, -0.1) is 0 Å². The van der Waals surface area contributed by atoms with Crippen molar-refractivity contribution >= 4 is 17.5 Å².